The highest BCUT2D eigenvalue weighted by Crippen LogP contribution is 2.29. The van der Waals surface area contributed by atoms with Gasteiger partial charge in [0, 0.05) is 11.4 Å². The quantitative estimate of drug-likeness (QED) is 0.297. The predicted octanol–water partition coefficient (Wildman–Crippen LogP) is 6.24. The molecule has 6 heteroatoms. The van der Waals surface area contributed by atoms with Crippen LogP contribution in [0, 0.1) is 18.3 Å². The van der Waals surface area contributed by atoms with E-state index in [1.807, 2.05) is 24.3 Å². The largest absolute Gasteiger partial charge is 0.369 e. The van der Waals surface area contributed by atoms with Gasteiger partial charge in [0.2, 0.25) is 5.28 Å². The molecule has 0 radical (unpaired) electrons. The van der Waals surface area contributed by atoms with E-state index in [4.69, 9.17) is 16.9 Å². The van der Waals surface area contributed by atoms with Gasteiger partial charge in [0.25, 0.3) is 0 Å². The Labute approximate surface area is 178 Å². The van der Waals surface area contributed by atoms with Crippen molar-refractivity contribution in [3.05, 3.63) is 75.9 Å². The number of benzene rings is 2. The first-order chi connectivity index (χ1) is 14.1. The maximum atomic E-state index is 8.91. The summed E-state index contributed by atoms with van der Waals surface area (Å²) in [7, 11) is 0. The van der Waals surface area contributed by atoms with Crippen molar-refractivity contribution in [2.75, 3.05) is 11.9 Å². The summed E-state index contributed by atoms with van der Waals surface area (Å²) in [6.45, 7) is 2.88. The maximum absolute atomic E-state index is 8.91. The summed E-state index contributed by atoms with van der Waals surface area (Å²) in [5.74, 6) is 0.806. The summed E-state index contributed by atoms with van der Waals surface area (Å²) >= 11 is 7.68. The number of fused-ring (bicyclic) bond motifs is 1. The summed E-state index contributed by atoms with van der Waals surface area (Å²) < 4.78 is 0. The van der Waals surface area contributed by atoms with E-state index in [0.717, 1.165) is 46.5 Å². The Morgan fingerprint density at radius 2 is 1.72 bits per heavy atom. The van der Waals surface area contributed by atoms with Gasteiger partial charge in [0.15, 0.2) is 0 Å². The Kier molecular flexibility index (Phi) is 5.75. The molecule has 4 aromatic rings. The summed E-state index contributed by atoms with van der Waals surface area (Å²) in [5, 5.41) is 13.6. The van der Waals surface area contributed by atoms with E-state index in [1.54, 1.807) is 11.3 Å². The van der Waals surface area contributed by atoms with E-state index in [0.29, 0.717) is 5.56 Å². The summed E-state index contributed by atoms with van der Waals surface area (Å²) in [6, 6.07) is 20.5. The number of anilines is 1. The Morgan fingerprint density at radius 1 is 1.03 bits per heavy atom. The fraction of sp³-hybridized carbons (Fsp3) is 0.174. The van der Waals surface area contributed by atoms with Crippen LogP contribution in [0.5, 0.6) is 0 Å². The Bertz CT molecular complexity index is 1170. The molecule has 0 amide bonds. The number of rotatable bonds is 6. The average molecular weight is 419 g/mol. The number of nitrogens with zero attached hydrogens (tertiary/aromatic N) is 3. The van der Waals surface area contributed by atoms with Crippen LogP contribution in [0.25, 0.3) is 21.3 Å². The van der Waals surface area contributed by atoms with Crippen molar-refractivity contribution in [3.8, 4) is 17.2 Å². The molecule has 0 fully saturated rings. The van der Waals surface area contributed by atoms with Crippen molar-refractivity contribution in [2.45, 2.75) is 19.8 Å². The van der Waals surface area contributed by atoms with Crippen molar-refractivity contribution in [3.63, 3.8) is 0 Å². The number of halogens is 1. The van der Waals surface area contributed by atoms with Crippen molar-refractivity contribution < 1.29 is 0 Å². The van der Waals surface area contributed by atoms with E-state index in [1.165, 1.54) is 10.4 Å². The molecule has 0 aliphatic carbocycles. The first-order valence-electron chi connectivity index (χ1n) is 9.39. The molecule has 0 spiro atoms. The topological polar surface area (TPSA) is 61.6 Å². The van der Waals surface area contributed by atoms with Gasteiger partial charge in [-0.05, 0) is 66.3 Å². The highest BCUT2D eigenvalue weighted by molar-refractivity contribution is 7.18. The van der Waals surface area contributed by atoms with Crippen LogP contribution in [0.4, 0.5) is 5.82 Å². The van der Waals surface area contributed by atoms with E-state index in [-0.39, 0.29) is 5.28 Å². The number of nitriles is 1. The fourth-order valence-electron chi connectivity index (χ4n) is 3.25. The number of aryl methyl sites for hydroxylation is 2. The maximum Gasteiger partial charge on any atom is 0.225 e. The monoisotopic (exact) mass is 418 g/mol. The lowest BCUT2D eigenvalue weighted by atomic mass is 10.0. The highest BCUT2D eigenvalue weighted by Gasteiger charge is 2.09. The third kappa shape index (κ3) is 4.56. The van der Waals surface area contributed by atoms with Gasteiger partial charge in [-0.2, -0.15) is 5.26 Å². The van der Waals surface area contributed by atoms with Crippen LogP contribution in [0.15, 0.2) is 54.6 Å². The van der Waals surface area contributed by atoms with Crippen molar-refractivity contribution in [2.24, 2.45) is 0 Å². The molecule has 1 N–H and O–H groups in total. The minimum absolute atomic E-state index is 0.278. The van der Waals surface area contributed by atoms with Crippen LogP contribution in [0.3, 0.4) is 0 Å². The molecule has 2 aromatic heterocycles. The molecule has 0 bridgehead atoms. The van der Waals surface area contributed by atoms with Gasteiger partial charge >= 0.3 is 0 Å². The standard InChI is InChI=1S/C23H19ClN4S/c1-15-13-20-21(27-23(24)28-22(20)29-15)26-12-2-3-16-4-8-18(9-5-16)19-10-6-17(14-25)7-11-19/h4-11,13H,2-3,12H2,1H3,(H,26,27,28). The molecule has 0 saturated carbocycles. The van der Waals surface area contributed by atoms with E-state index in [9.17, 15) is 0 Å². The van der Waals surface area contributed by atoms with Gasteiger partial charge < -0.3 is 5.32 Å². The minimum Gasteiger partial charge on any atom is -0.369 e. The van der Waals surface area contributed by atoms with Crippen molar-refractivity contribution in [1.29, 1.82) is 5.26 Å². The number of nitrogens with one attached hydrogen (secondary N) is 1. The lowest BCUT2D eigenvalue weighted by Crippen LogP contribution is -2.05. The molecule has 0 saturated heterocycles. The smallest absolute Gasteiger partial charge is 0.225 e. The summed E-state index contributed by atoms with van der Waals surface area (Å²) in [5.41, 5.74) is 4.24. The second-order valence-electron chi connectivity index (χ2n) is 6.83. The number of hydrogen-bond acceptors (Lipinski definition) is 5. The average Bonchev–Trinajstić information content (AvgIpc) is 3.11. The van der Waals surface area contributed by atoms with Crippen LogP contribution in [0.2, 0.25) is 5.28 Å². The van der Waals surface area contributed by atoms with Crippen molar-refractivity contribution in [1.82, 2.24) is 9.97 Å². The zero-order valence-electron chi connectivity index (χ0n) is 15.9. The number of thiophene rings is 1. The van der Waals surface area contributed by atoms with E-state index < -0.39 is 0 Å². The molecule has 0 aliphatic rings. The van der Waals surface area contributed by atoms with Gasteiger partial charge in [0.05, 0.1) is 17.0 Å². The van der Waals surface area contributed by atoms with Gasteiger partial charge in [0.1, 0.15) is 10.6 Å². The highest BCUT2D eigenvalue weighted by atomic mass is 35.5. The summed E-state index contributed by atoms with van der Waals surface area (Å²) in [6.07, 6.45) is 1.97. The van der Waals surface area contributed by atoms with Gasteiger partial charge in [-0.3, -0.25) is 0 Å². The normalized spacial score (nSPS) is 10.8. The van der Waals surface area contributed by atoms with Gasteiger partial charge in [-0.15, -0.1) is 11.3 Å². The molecule has 144 valence electrons. The zero-order valence-corrected chi connectivity index (χ0v) is 17.5. The van der Waals surface area contributed by atoms with Crippen LogP contribution < -0.4 is 5.32 Å². The lowest BCUT2D eigenvalue weighted by Gasteiger charge is -2.08. The third-order valence-electron chi connectivity index (χ3n) is 4.72. The third-order valence-corrected chi connectivity index (χ3v) is 5.84. The fourth-order valence-corrected chi connectivity index (χ4v) is 4.35. The molecule has 2 aromatic carbocycles. The lowest BCUT2D eigenvalue weighted by molar-refractivity contribution is 0.860. The molecular formula is C23H19ClN4S. The second-order valence-corrected chi connectivity index (χ2v) is 8.41. The molecule has 0 aliphatic heterocycles. The molecule has 0 unspecified atom stereocenters. The summed E-state index contributed by atoms with van der Waals surface area (Å²) in [4.78, 5) is 10.8. The van der Waals surface area contributed by atoms with Crippen LogP contribution >= 0.6 is 22.9 Å². The first kappa shape index (κ1) is 19.4. The zero-order chi connectivity index (χ0) is 20.2. The van der Waals surface area contributed by atoms with Gasteiger partial charge in [-0.25, -0.2) is 9.97 Å². The SMILES string of the molecule is Cc1cc2c(NCCCc3ccc(-c4ccc(C#N)cc4)cc3)nc(Cl)nc2s1. The van der Waals surface area contributed by atoms with E-state index in [2.05, 4.69) is 58.6 Å². The Hall–Kier alpha value is -2.94. The van der Waals surface area contributed by atoms with Crippen LogP contribution in [0.1, 0.15) is 22.4 Å². The van der Waals surface area contributed by atoms with Crippen molar-refractivity contribution >= 4 is 39.0 Å². The Morgan fingerprint density at radius 3 is 2.41 bits per heavy atom. The van der Waals surface area contributed by atoms with Gasteiger partial charge in [-0.1, -0.05) is 36.4 Å². The van der Waals surface area contributed by atoms with Crippen LogP contribution in [-0.4, -0.2) is 16.5 Å². The molecule has 4 rings (SSSR count). The second kappa shape index (κ2) is 8.60. The first-order valence-corrected chi connectivity index (χ1v) is 10.6. The molecular weight excluding hydrogens is 400 g/mol. The molecule has 29 heavy (non-hydrogen) atoms. The molecule has 4 nitrogen and oxygen atoms in total. The number of aromatic nitrogens is 2. The molecule has 2 heterocycles. The Balaban J connectivity index is 1.35. The van der Waals surface area contributed by atoms with E-state index >= 15 is 0 Å². The number of hydrogen-bond donors (Lipinski definition) is 1. The predicted molar refractivity (Wildman–Crippen MR) is 121 cm³/mol. The van der Waals surface area contributed by atoms with Crippen LogP contribution in [-0.2, 0) is 6.42 Å². The minimum atomic E-state index is 0.278. The molecule has 0 atom stereocenters.